The second-order valence-electron chi connectivity index (χ2n) is 7.80. The highest BCUT2D eigenvalue weighted by molar-refractivity contribution is 5.92. The van der Waals surface area contributed by atoms with Crippen molar-refractivity contribution in [3.05, 3.63) is 59.9 Å². The minimum absolute atomic E-state index is 0.116. The van der Waals surface area contributed by atoms with Crippen LogP contribution in [-0.2, 0) is 16.0 Å². The summed E-state index contributed by atoms with van der Waals surface area (Å²) in [5, 5.41) is 2.78. The van der Waals surface area contributed by atoms with Crippen LogP contribution in [0.5, 0.6) is 0 Å². The van der Waals surface area contributed by atoms with Crippen LogP contribution in [0.4, 0.5) is 15.8 Å². The van der Waals surface area contributed by atoms with E-state index >= 15 is 0 Å². The molecule has 1 saturated heterocycles. The van der Waals surface area contributed by atoms with Gasteiger partial charge in [0, 0.05) is 51.6 Å². The van der Waals surface area contributed by atoms with E-state index in [2.05, 4.69) is 10.2 Å². The number of benzene rings is 2. The Morgan fingerprint density at radius 1 is 0.967 bits per heavy atom. The number of carbonyl (C=O) groups is 2. The van der Waals surface area contributed by atoms with Crippen LogP contribution in [0.15, 0.2) is 48.5 Å². The number of carbonyl (C=O) groups excluding carboxylic acids is 2. The van der Waals surface area contributed by atoms with Crippen LogP contribution >= 0.6 is 0 Å². The minimum atomic E-state index is -0.334. The fraction of sp³-hybridized carbons (Fsp3) is 0.391. The van der Waals surface area contributed by atoms with Crippen LogP contribution in [0.1, 0.15) is 12.0 Å². The van der Waals surface area contributed by atoms with E-state index in [9.17, 15) is 14.0 Å². The predicted molar refractivity (Wildman–Crippen MR) is 117 cm³/mol. The number of anilines is 2. The average molecular weight is 413 g/mol. The van der Waals surface area contributed by atoms with E-state index < -0.39 is 0 Å². The second kappa shape index (κ2) is 10.2. The van der Waals surface area contributed by atoms with E-state index in [0.717, 1.165) is 24.2 Å². The van der Waals surface area contributed by atoms with Gasteiger partial charge in [-0.1, -0.05) is 12.1 Å². The maximum Gasteiger partial charge on any atom is 0.238 e. The topological polar surface area (TPSA) is 55.9 Å². The number of rotatable bonds is 6. The molecule has 1 N–H and O–H groups in total. The van der Waals surface area contributed by atoms with Gasteiger partial charge in [0.05, 0.1) is 13.0 Å². The van der Waals surface area contributed by atoms with Crippen LogP contribution in [-0.4, -0.2) is 68.4 Å². The van der Waals surface area contributed by atoms with Gasteiger partial charge in [0.15, 0.2) is 0 Å². The number of nitrogens with one attached hydrogen (secondary N) is 1. The molecule has 2 aromatic carbocycles. The zero-order chi connectivity index (χ0) is 21.5. The molecule has 1 aliphatic rings. The molecule has 2 amide bonds. The summed E-state index contributed by atoms with van der Waals surface area (Å²) in [5.41, 5.74) is 2.69. The van der Waals surface area contributed by atoms with Crippen molar-refractivity contribution in [2.24, 2.45) is 0 Å². The van der Waals surface area contributed by atoms with E-state index in [4.69, 9.17) is 0 Å². The molecular weight excluding hydrogens is 383 g/mol. The normalized spacial score (nSPS) is 14.8. The lowest BCUT2D eigenvalue weighted by atomic mass is 10.1. The maximum absolute atomic E-state index is 13.0. The predicted octanol–water partition coefficient (Wildman–Crippen LogP) is 2.61. The molecule has 30 heavy (non-hydrogen) atoms. The molecule has 0 atom stereocenters. The molecule has 0 saturated carbocycles. The first kappa shape index (κ1) is 21.8. The van der Waals surface area contributed by atoms with Gasteiger partial charge in [0.2, 0.25) is 11.8 Å². The van der Waals surface area contributed by atoms with Crippen molar-refractivity contribution in [3.63, 3.8) is 0 Å². The molecule has 3 rings (SSSR count). The Hall–Kier alpha value is -2.93. The van der Waals surface area contributed by atoms with Crippen molar-refractivity contribution in [1.82, 2.24) is 9.80 Å². The summed E-state index contributed by atoms with van der Waals surface area (Å²) in [4.78, 5) is 31.0. The zero-order valence-electron chi connectivity index (χ0n) is 17.6. The van der Waals surface area contributed by atoms with Gasteiger partial charge in [-0.05, 0) is 48.4 Å². The summed E-state index contributed by atoms with van der Waals surface area (Å²) in [7, 11) is 3.98. The number of hydrogen-bond donors (Lipinski definition) is 1. The number of hydrogen-bond acceptors (Lipinski definition) is 4. The molecule has 7 heteroatoms. The Balaban J connectivity index is 1.47. The first-order chi connectivity index (χ1) is 14.4. The summed E-state index contributed by atoms with van der Waals surface area (Å²) in [6, 6.07) is 13.8. The van der Waals surface area contributed by atoms with Gasteiger partial charge < -0.3 is 15.1 Å². The first-order valence-corrected chi connectivity index (χ1v) is 10.2. The summed E-state index contributed by atoms with van der Waals surface area (Å²) in [6.45, 7) is 2.98. The fourth-order valence-electron chi connectivity index (χ4n) is 3.51. The van der Waals surface area contributed by atoms with Gasteiger partial charge >= 0.3 is 0 Å². The van der Waals surface area contributed by atoms with Crippen molar-refractivity contribution in [2.45, 2.75) is 12.8 Å². The smallest absolute Gasteiger partial charge is 0.238 e. The van der Waals surface area contributed by atoms with Crippen molar-refractivity contribution in [1.29, 1.82) is 0 Å². The molecule has 0 radical (unpaired) electrons. The van der Waals surface area contributed by atoms with E-state index in [-0.39, 0.29) is 24.2 Å². The Morgan fingerprint density at radius 3 is 2.33 bits per heavy atom. The van der Waals surface area contributed by atoms with Gasteiger partial charge in [0.25, 0.3) is 0 Å². The SMILES string of the molecule is CN(C)c1ccc(CC(=O)N2CCCN(CC(=O)Nc3ccc(F)cc3)CC2)cc1. The number of nitrogens with zero attached hydrogens (tertiary/aromatic N) is 3. The highest BCUT2D eigenvalue weighted by Crippen LogP contribution is 2.14. The third-order valence-electron chi connectivity index (χ3n) is 5.24. The van der Waals surface area contributed by atoms with Crippen molar-refractivity contribution < 1.29 is 14.0 Å². The van der Waals surface area contributed by atoms with Crippen LogP contribution in [0.2, 0.25) is 0 Å². The fourth-order valence-corrected chi connectivity index (χ4v) is 3.51. The summed E-state index contributed by atoms with van der Waals surface area (Å²) in [6.07, 6.45) is 1.22. The number of halogens is 1. The molecule has 6 nitrogen and oxygen atoms in total. The van der Waals surface area contributed by atoms with Crippen LogP contribution in [0.3, 0.4) is 0 Å². The van der Waals surface area contributed by atoms with E-state index in [1.54, 1.807) is 12.1 Å². The largest absolute Gasteiger partial charge is 0.378 e. The lowest BCUT2D eigenvalue weighted by Crippen LogP contribution is -2.38. The zero-order valence-corrected chi connectivity index (χ0v) is 17.6. The third kappa shape index (κ3) is 6.29. The van der Waals surface area contributed by atoms with Crippen LogP contribution in [0.25, 0.3) is 0 Å². The van der Waals surface area contributed by atoms with Crippen molar-refractivity contribution in [2.75, 3.05) is 57.0 Å². The van der Waals surface area contributed by atoms with Crippen LogP contribution in [0, 0.1) is 5.82 Å². The van der Waals surface area contributed by atoms with Gasteiger partial charge in [-0.15, -0.1) is 0 Å². The first-order valence-electron chi connectivity index (χ1n) is 10.2. The Bertz CT molecular complexity index is 853. The molecule has 0 aliphatic carbocycles. The lowest BCUT2D eigenvalue weighted by molar-refractivity contribution is -0.130. The highest BCUT2D eigenvalue weighted by atomic mass is 19.1. The molecule has 0 unspecified atom stereocenters. The second-order valence-corrected chi connectivity index (χ2v) is 7.80. The van der Waals surface area contributed by atoms with Gasteiger partial charge in [-0.25, -0.2) is 4.39 Å². The Morgan fingerprint density at radius 2 is 1.67 bits per heavy atom. The molecule has 1 heterocycles. The number of amides is 2. The summed E-state index contributed by atoms with van der Waals surface area (Å²) < 4.78 is 13.0. The quantitative estimate of drug-likeness (QED) is 0.793. The maximum atomic E-state index is 13.0. The third-order valence-corrected chi connectivity index (χ3v) is 5.24. The van der Waals surface area contributed by atoms with E-state index in [1.165, 1.54) is 12.1 Å². The average Bonchev–Trinajstić information content (AvgIpc) is 2.96. The lowest BCUT2D eigenvalue weighted by Gasteiger charge is -2.22. The molecule has 160 valence electrons. The minimum Gasteiger partial charge on any atom is -0.378 e. The van der Waals surface area contributed by atoms with Crippen LogP contribution < -0.4 is 10.2 Å². The molecule has 1 fully saturated rings. The monoisotopic (exact) mass is 412 g/mol. The Labute approximate surface area is 177 Å². The Kier molecular flexibility index (Phi) is 7.41. The van der Waals surface area contributed by atoms with Gasteiger partial charge in [0.1, 0.15) is 5.82 Å². The molecule has 2 aromatic rings. The molecule has 0 aromatic heterocycles. The van der Waals surface area contributed by atoms with E-state index in [0.29, 0.717) is 31.7 Å². The van der Waals surface area contributed by atoms with Gasteiger partial charge in [-0.3, -0.25) is 14.5 Å². The van der Waals surface area contributed by atoms with Crippen molar-refractivity contribution in [3.8, 4) is 0 Å². The molecule has 0 spiro atoms. The summed E-state index contributed by atoms with van der Waals surface area (Å²) in [5.74, 6) is -0.355. The standard InChI is InChI=1S/C23H29FN4O2/c1-26(2)21-10-4-18(5-11-21)16-23(30)28-13-3-12-27(14-15-28)17-22(29)25-20-8-6-19(24)7-9-20/h4-11H,3,12-17H2,1-2H3,(H,25,29). The van der Waals surface area contributed by atoms with Gasteiger partial charge in [-0.2, -0.15) is 0 Å². The molecule has 0 bridgehead atoms. The molecular formula is C23H29FN4O2. The van der Waals surface area contributed by atoms with Crippen molar-refractivity contribution >= 4 is 23.2 Å². The van der Waals surface area contributed by atoms with E-state index in [1.807, 2.05) is 48.2 Å². The molecule has 1 aliphatic heterocycles. The summed E-state index contributed by atoms with van der Waals surface area (Å²) >= 11 is 0. The highest BCUT2D eigenvalue weighted by Gasteiger charge is 2.20.